The molecule has 33 heavy (non-hydrogen) atoms. The highest BCUT2D eigenvalue weighted by Gasteiger charge is 2.39. The van der Waals surface area contributed by atoms with Crippen molar-refractivity contribution in [3.05, 3.63) is 70.7 Å². The van der Waals surface area contributed by atoms with Gasteiger partial charge in [-0.25, -0.2) is 9.59 Å². The summed E-state index contributed by atoms with van der Waals surface area (Å²) in [5.41, 5.74) is 0.940. The van der Waals surface area contributed by atoms with Crippen molar-refractivity contribution in [2.45, 2.75) is 19.1 Å². The summed E-state index contributed by atoms with van der Waals surface area (Å²) in [4.78, 5) is 27.8. The average molecular weight is 474 g/mol. The molecule has 0 saturated heterocycles. The lowest BCUT2D eigenvalue weighted by atomic mass is 10.2. The van der Waals surface area contributed by atoms with Crippen molar-refractivity contribution in [3.8, 4) is 5.75 Å². The van der Waals surface area contributed by atoms with Crippen molar-refractivity contribution in [3.63, 3.8) is 0 Å². The smallest absolute Gasteiger partial charge is 0.445 e. The zero-order valence-electron chi connectivity index (χ0n) is 17.7. The summed E-state index contributed by atoms with van der Waals surface area (Å²) >= 11 is 0. The molecular weight excluding hydrogens is 452 g/mol. The molecular formula is C21H22N4O7S. The third-order valence-corrected chi connectivity index (χ3v) is 6.54. The molecule has 174 valence electrons. The molecule has 0 fully saturated rings. The number of H-pyrrole nitrogens is 1. The fraction of sp³-hybridized carbons (Fsp3) is 0.286. The van der Waals surface area contributed by atoms with Crippen LogP contribution in [0.15, 0.2) is 63.9 Å². The summed E-state index contributed by atoms with van der Waals surface area (Å²) in [6.07, 6.45) is -0.178. The van der Waals surface area contributed by atoms with E-state index in [-0.39, 0.29) is 24.8 Å². The van der Waals surface area contributed by atoms with Crippen LogP contribution in [0.1, 0.15) is 12.0 Å². The number of aromatic amines is 1. The van der Waals surface area contributed by atoms with Crippen LogP contribution in [-0.2, 0) is 21.4 Å². The van der Waals surface area contributed by atoms with Crippen molar-refractivity contribution in [2.75, 3.05) is 29.3 Å². The number of para-hydroxylation sites is 2. The van der Waals surface area contributed by atoms with Crippen molar-refractivity contribution < 1.29 is 27.2 Å². The predicted octanol–water partition coefficient (Wildman–Crippen LogP) is 2.12. The second-order valence-corrected chi connectivity index (χ2v) is 9.12. The molecule has 0 amide bonds. The molecule has 1 aromatic heterocycles. The van der Waals surface area contributed by atoms with Gasteiger partial charge in [0.05, 0.1) is 12.2 Å². The van der Waals surface area contributed by atoms with E-state index in [0.29, 0.717) is 24.3 Å². The number of rotatable bonds is 7. The third-order valence-electron chi connectivity index (χ3n) is 5.07. The van der Waals surface area contributed by atoms with Gasteiger partial charge >= 0.3 is 21.1 Å². The van der Waals surface area contributed by atoms with E-state index < -0.39 is 27.2 Å². The Morgan fingerprint density at radius 2 is 1.94 bits per heavy atom. The molecule has 0 radical (unpaired) electrons. The van der Waals surface area contributed by atoms with E-state index >= 15 is 0 Å². The molecule has 0 unspecified atom stereocenters. The van der Waals surface area contributed by atoms with Crippen LogP contribution in [0.3, 0.4) is 0 Å². The topological polar surface area (TPSA) is 135 Å². The fourth-order valence-electron chi connectivity index (χ4n) is 3.35. The average Bonchev–Trinajstić information content (AvgIpc) is 3.27. The van der Waals surface area contributed by atoms with Gasteiger partial charge in [0.15, 0.2) is 0 Å². The van der Waals surface area contributed by atoms with Gasteiger partial charge in [-0.3, -0.25) is 13.8 Å². The van der Waals surface area contributed by atoms with Gasteiger partial charge in [0.2, 0.25) is 5.95 Å². The molecule has 1 atom stereocenters. The number of carbonyl (C=O) groups excluding carboxylic acids is 1. The maximum atomic E-state index is 13.1. The van der Waals surface area contributed by atoms with E-state index in [9.17, 15) is 18.0 Å². The van der Waals surface area contributed by atoms with Crippen molar-refractivity contribution in [1.82, 2.24) is 10.1 Å². The van der Waals surface area contributed by atoms with Gasteiger partial charge in [-0.1, -0.05) is 42.5 Å². The highest BCUT2D eigenvalue weighted by Crippen LogP contribution is 2.36. The number of fused-ring (bicyclic) bond motifs is 1. The zero-order valence-corrected chi connectivity index (χ0v) is 18.5. The highest BCUT2D eigenvalue weighted by atomic mass is 32.2. The van der Waals surface area contributed by atoms with E-state index in [2.05, 4.69) is 14.7 Å². The number of nitrogens with one attached hydrogen (secondary N) is 1. The number of anilines is 2. The standard InChI is InChI=1S/C21H22N4O7S/c1-24(19-22-20(26)32-23-19)12-11-16-13-25(17-9-5-6-10-18(17)31-16)33(28,29)21(27)30-14-15-7-3-2-4-8-15/h2-10,16H,11-14H2,1H3,(H,22,23,26)/t16-/m0/s1. The Labute approximate surface area is 189 Å². The zero-order chi connectivity index (χ0) is 23.4. The van der Waals surface area contributed by atoms with Crippen LogP contribution in [0.25, 0.3) is 0 Å². The lowest BCUT2D eigenvalue weighted by Gasteiger charge is -2.35. The molecule has 2 heterocycles. The van der Waals surface area contributed by atoms with Crippen LogP contribution in [0.4, 0.5) is 16.4 Å². The van der Waals surface area contributed by atoms with E-state index in [1.54, 1.807) is 60.5 Å². The van der Waals surface area contributed by atoms with Crippen LogP contribution in [0.2, 0.25) is 0 Å². The minimum Gasteiger partial charge on any atom is -0.486 e. The number of nitrogens with zero attached hydrogens (tertiary/aromatic N) is 3. The van der Waals surface area contributed by atoms with Gasteiger partial charge in [-0.2, -0.15) is 8.42 Å². The van der Waals surface area contributed by atoms with Gasteiger partial charge in [-0.15, -0.1) is 0 Å². The minimum atomic E-state index is -4.46. The summed E-state index contributed by atoms with van der Waals surface area (Å²) in [5, 5.41) is 2.28. The Balaban J connectivity index is 1.48. The molecule has 1 aliphatic rings. The summed E-state index contributed by atoms with van der Waals surface area (Å²) in [6.45, 7) is 0.139. The molecule has 1 aliphatic heterocycles. The predicted molar refractivity (Wildman–Crippen MR) is 119 cm³/mol. The quantitative estimate of drug-likeness (QED) is 0.511. The van der Waals surface area contributed by atoms with Crippen LogP contribution >= 0.6 is 0 Å². The van der Waals surface area contributed by atoms with Crippen LogP contribution < -0.4 is 19.7 Å². The van der Waals surface area contributed by atoms with Crippen molar-refractivity contribution in [2.24, 2.45) is 0 Å². The molecule has 0 bridgehead atoms. The number of ether oxygens (including phenoxy) is 2. The van der Waals surface area contributed by atoms with Gasteiger partial charge in [0, 0.05) is 20.0 Å². The first-order valence-electron chi connectivity index (χ1n) is 10.1. The Morgan fingerprint density at radius 1 is 1.21 bits per heavy atom. The molecule has 0 aliphatic carbocycles. The van der Waals surface area contributed by atoms with E-state index in [4.69, 9.17) is 9.47 Å². The maximum Gasteiger partial charge on any atom is 0.445 e. The first-order chi connectivity index (χ1) is 15.8. The maximum absolute atomic E-state index is 13.1. The minimum absolute atomic E-state index is 0.0804. The molecule has 1 N–H and O–H groups in total. The third kappa shape index (κ3) is 5.00. The van der Waals surface area contributed by atoms with Crippen molar-refractivity contribution in [1.29, 1.82) is 0 Å². The highest BCUT2D eigenvalue weighted by molar-refractivity contribution is 8.06. The van der Waals surface area contributed by atoms with Crippen LogP contribution in [0, 0.1) is 0 Å². The van der Waals surface area contributed by atoms with E-state index in [1.807, 2.05) is 6.07 Å². The Morgan fingerprint density at radius 3 is 2.67 bits per heavy atom. The van der Waals surface area contributed by atoms with Crippen molar-refractivity contribution >= 4 is 27.0 Å². The number of aromatic nitrogens is 2. The molecule has 3 aromatic rings. The number of benzene rings is 2. The monoisotopic (exact) mass is 474 g/mol. The second-order valence-electron chi connectivity index (χ2n) is 7.40. The summed E-state index contributed by atoms with van der Waals surface area (Å²) in [7, 11) is -2.77. The first kappa shape index (κ1) is 22.4. The fourth-order valence-corrected chi connectivity index (χ4v) is 4.51. The normalized spacial score (nSPS) is 15.4. The van der Waals surface area contributed by atoms with E-state index in [0.717, 1.165) is 4.31 Å². The number of hydrogen-bond donors (Lipinski definition) is 1. The van der Waals surface area contributed by atoms with Gasteiger partial charge in [0.1, 0.15) is 18.5 Å². The molecule has 0 spiro atoms. The van der Waals surface area contributed by atoms with E-state index in [1.165, 1.54) is 0 Å². The summed E-state index contributed by atoms with van der Waals surface area (Å²) in [6, 6.07) is 15.4. The first-order valence-corrected chi connectivity index (χ1v) is 11.5. The molecule has 0 saturated carbocycles. The molecule has 4 rings (SSSR count). The lowest BCUT2D eigenvalue weighted by molar-refractivity contribution is 0.164. The number of carbonyl (C=O) groups is 1. The number of hydrogen-bond acceptors (Lipinski definition) is 9. The Bertz CT molecular complexity index is 1270. The van der Waals surface area contributed by atoms with Crippen LogP contribution in [-0.4, -0.2) is 50.1 Å². The summed E-state index contributed by atoms with van der Waals surface area (Å²) in [5.74, 6) is -0.0955. The SMILES string of the molecule is CN(CC[C@H]1CN(S(=O)(=O)C(=O)OCc2ccccc2)c2ccccc2O1)c1noc(=O)[nH]1. The molecule has 11 nitrogen and oxygen atoms in total. The Hall–Kier alpha value is -3.80. The Kier molecular flexibility index (Phi) is 6.36. The largest absolute Gasteiger partial charge is 0.486 e. The second kappa shape index (κ2) is 9.36. The molecule has 12 heteroatoms. The number of sulfonamides is 1. The summed E-state index contributed by atoms with van der Waals surface area (Å²) < 4.78 is 42.8. The lowest BCUT2D eigenvalue weighted by Crippen LogP contribution is -2.47. The van der Waals surface area contributed by atoms with Gasteiger partial charge < -0.3 is 14.4 Å². The van der Waals surface area contributed by atoms with Gasteiger partial charge in [0.25, 0.3) is 0 Å². The molecule has 2 aromatic carbocycles. The van der Waals surface area contributed by atoms with Crippen LogP contribution in [0.5, 0.6) is 5.75 Å². The van der Waals surface area contributed by atoms with Gasteiger partial charge in [-0.05, 0) is 22.9 Å².